The first-order valence-electron chi connectivity index (χ1n) is 6.25. The zero-order valence-corrected chi connectivity index (χ0v) is 11.3. The fourth-order valence-corrected chi connectivity index (χ4v) is 1.68. The topological polar surface area (TPSA) is 86.0 Å². The number of carboxylic acids is 1. The third kappa shape index (κ3) is 5.87. The molecule has 1 rings (SSSR count). The Morgan fingerprint density at radius 3 is 2.74 bits per heavy atom. The van der Waals surface area contributed by atoms with Crippen molar-refractivity contribution in [2.75, 3.05) is 11.9 Å². The van der Waals surface area contributed by atoms with Gasteiger partial charge in [-0.3, -0.25) is 4.79 Å². The summed E-state index contributed by atoms with van der Waals surface area (Å²) in [5.74, 6) is -0.752. The number of hydrogen-bond acceptors (Lipinski definition) is 4. The maximum Gasteiger partial charge on any atom is 0.303 e. The lowest BCUT2D eigenvalue weighted by Crippen LogP contribution is -2.18. The van der Waals surface area contributed by atoms with Crippen molar-refractivity contribution in [3.63, 3.8) is 0 Å². The lowest BCUT2D eigenvalue weighted by atomic mass is 9.84. The second-order valence-electron chi connectivity index (χ2n) is 5.28. The number of pyridine rings is 1. The second-order valence-corrected chi connectivity index (χ2v) is 5.28. The van der Waals surface area contributed by atoms with Gasteiger partial charge < -0.3 is 10.4 Å². The Morgan fingerprint density at radius 1 is 1.47 bits per heavy atom. The predicted molar refractivity (Wildman–Crippen MR) is 72.7 cm³/mol. The van der Waals surface area contributed by atoms with E-state index in [0.29, 0.717) is 12.1 Å². The third-order valence-corrected chi connectivity index (χ3v) is 3.02. The first-order valence-corrected chi connectivity index (χ1v) is 6.25. The summed E-state index contributed by atoms with van der Waals surface area (Å²) in [5, 5.41) is 20.5. The highest BCUT2D eigenvalue weighted by Crippen LogP contribution is 2.26. The summed E-state index contributed by atoms with van der Waals surface area (Å²) in [6.45, 7) is 4.88. The summed E-state index contributed by atoms with van der Waals surface area (Å²) in [5.41, 5.74) is 1.26. The molecule has 0 spiro atoms. The van der Waals surface area contributed by atoms with Crippen molar-refractivity contribution in [1.82, 2.24) is 4.98 Å². The van der Waals surface area contributed by atoms with E-state index in [1.54, 1.807) is 12.3 Å². The van der Waals surface area contributed by atoms with Crippen LogP contribution >= 0.6 is 0 Å². The molecule has 5 heteroatoms. The number of nitrogens with zero attached hydrogens (tertiary/aromatic N) is 2. The quantitative estimate of drug-likeness (QED) is 0.788. The Kier molecular flexibility index (Phi) is 5.31. The second kappa shape index (κ2) is 6.74. The van der Waals surface area contributed by atoms with Crippen LogP contribution in [-0.2, 0) is 4.79 Å². The lowest BCUT2D eigenvalue weighted by molar-refractivity contribution is -0.137. The van der Waals surface area contributed by atoms with E-state index in [1.165, 1.54) is 0 Å². The van der Waals surface area contributed by atoms with Crippen molar-refractivity contribution in [3.05, 3.63) is 24.0 Å². The Hall–Kier alpha value is -2.09. The van der Waals surface area contributed by atoms with Gasteiger partial charge in [-0.2, -0.15) is 5.26 Å². The number of anilines is 1. The summed E-state index contributed by atoms with van der Waals surface area (Å²) in [6, 6.07) is 5.45. The molecule has 0 bridgehead atoms. The van der Waals surface area contributed by atoms with Gasteiger partial charge in [0.15, 0.2) is 0 Å². The van der Waals surface area contributed by atoms with Gasteiger partial charge in [0.1, 0.15) is 11.8 Å². The average Bonchev–Trinajstić information content (AvgIpc) is 2.37. The average molecular weight is 261 g/mol. The van der Waals surface area contributed by atoms with Crippen LogP contribution in [0.15, 0.2) is 18.3 Å². The molecule has 102 valence electrons. The van der Waals surface area contributed by atoms with Crippen LogP contribution in [0.4, 0.5) is 5.69 Å². The van der Waals surface area contributed by atoms with Crippen LogP contribution < -0.4 is 5.32 Å². The summed E-state index contributed by atoms with van der Waals surface area (Å²) >= 11 is 0. The molecule has 0 aliphatic heterocycles. The van der Waals surface area contributed by atoms with Crippen LogP contribution in [0.5, 0.6) is 0 Å². The minimum Gasteiger partial charge on any atom is -0.481 e. The number of carbonyl (C=O) groups is 1. The first kappa shape index (κ1) is 15.0. The number of nitrogens with one attached hydrogen (secondary N) is 1. The number of nitriles is 1. The Labute approximate surface area is 113 Å². The van der Waals surface area contributed by atoms with E-state index in [0.717, 1.165) is 18.7 Å². The van der Waals surface area contributed by atoms with E-state index in [2.05, 4.69) is 24.1 Å². The monoisotopic (exact) mass is 261 g/mol. The molecule has 5 nitrogen and oxygen atoms in total. The highest BCUT2D eigenvalue weighted by atomic mass is 16.4. The maximum atomic E-state index is 10.6. The van der Waals surface area contributed by atoms with Gasteiger partial charge in [0.05, 0.1) is 11.9 Å². The molecule has 1 aromatic heterocycles. The van der Waals surface area contributed by atoms with Crippen molar-refractivity contribution < 1.29 is 9.90 Å². The van der Waals surface area contributed by atoms with Gasteiger partial charge >= 0.3 is 5.97 Å². The predicted octanol–water partition coefficient (Wildman–Crippen LogP) is 2.65. The summed E-state index contributed by atoms with van der Waals surface area (Å²) in [6.07, 6.45) is 3.37. The van der Waals surface area contributed by atoms with E-state index in [-0.39, 0.29) is 11.8 Å². The highest BCUT2D eigenvalue weighted by molar-refractivity contribution is 5.66. The van der Waals surface area contributed by atoms with E-state index >= 15 is 0 Å². The molecule has 19 heavy (non-hydrogen) atoms. The van der Waals surface area contributed by atoms with E-state index in [1.807, 2.05) is 12.1 Å². The molecule has 0 atom stereocenters. The highest BCUT2D eigenvalue weighted by Gasteiger charge is 2.18. The SMILES string of the molecule is CC(C)(CCNc1ccc(C#N)nc1)CCC(=O)O. The van der Waals surface area contributed by atoms with Crippen LogP contribution in [0.3, 0.4) is 0 Å². The fourth-order valence-electron chi connectivity index (χ4n) is 1.68. The zero-order chi connectivity index (χ0) is 14.3. The van der Waals surface area contributed by atoms with Crippen LogP contribution in [0.2, 0.25) is 0 Å². The maximum absolute atomic E-state index is 10.6. The number of rotatable bonds is 7. The molecule has 2 N–H and O–H groups in total. The van der Waals surface area contributed by atoms with E-state index < -0.39 is 5.97 Å². The molecule has 0 unspecified atom stereocenters. The Morgan fingerprint density at radius 2 is 2.21 bits per heavy atom. The first-order chi connectivity index (χ1) is 8.93. The Bertz CT molecular complexity index is 461. The molecule has 0 radical (unpaired) electrons. The molecule has 1 aromatic rings. The summed E-state index contributed by atoms with van der Waals surface area (Å²) < 4.78 is 0. The third-order valence-electron chi connectivity index (χ3n) is 3.02. The molecule has 1 heterocycles. The van der Waals surface area contributed by atoms with Gasteiger partial charge in [-0.1, -0.05) is 13.8 Å². The molecule has 0 saturated heterocycles. The molecular weight excluding hydrogens is 242 g/mol. The number of carboxylic acid groups (broad SMARTS) is 1. The van der Waals surface area contributed by atoms with Gasteiger partial charge in [-0.25, -0.2) is 4.98 Å². The number of aromatic nitrogens is 1. The molecule has 0 aliphatic rings. The molecule has 0 fully saturated rings. The van der Waals surface area contributed by atoms with Gasteiger partial charge in [-0.05, 0) is 30.4 Å². The van der Waals surface area contributed by atoms with Crippen molar-refractivity contribution in [1.29, 1.82) is 5.26 Å². The smallest absolute Gasteiger partial charge is 0.303 e. The van der Waals surface area contributed by atoms with Gasteiger partial charge in [-0.15, -0.1) is 0 Å². The summed E-state index contributed by atoms with van der Waals surface area (Å²) in [7, 11) is 0. The largest absolute Gasteiger partial charge is 0.481 e. The molecule has 0 aliphatic carbocycles. The minimum absolute atomic E-state index is 0.00852. The van der Waals surface area contributed by atoms with Crippen LogP contribution in [0.1, 0.15) is 38.8 Å². The van der Waals surface area contributed by atoms with Gasteiger partial charge in [0.25, 0.3) is 0 Å². The van der Waals surface area contributed by atoms with Crippen molar-refractivity contribution in [2.45, 2.75) is 33.1 Å². The van der Waals surface area contributed by atoms with Crippen LogP contribution in [0.25, 0.3) is 0 Å². The Balaban J connectivity index is 2.36. The van der Waals surface area contributed by atoms with Crippen molar-refractivity contribution in [2.24, 2.45) is 5.41 Å². The van der Waals surface area contributed by atoms with Crippen molar-refractivity contribution in [3.8, 4) is 6.07 Å². The summed E-state index contributed by atoms with van der Waals surface area (Å²) in [4.78, 5) is 14.5. The normalized spacial score (nSPS) is 10.8. The van der Waals surface area contributed by atoms with Gasteiger partial charge in [0, 0.05) is 13.0 Å². The van der Waals surface area contributed by atoms with Crippen LogP contribution in [0, 0.1) is 16.7 Å². The van der Waals surface area contributed by atoms with Gasteiger partial charge in [0.2, 0.25) is 0 Å². The van der Waals surface area contributed by atoms with Crippen LogP contribution in [-0.4, -0.2) is 22.6 Å². The molecular formula is C14H19N3O2. The molecule has 0 amide bonds. The fraction of sp³-hybridized carbons (Fsp3) is 0.500. The molecule has 0 saturated carbocycles. The lowest BCUT2D eigenvalue weighted by Gasteiger charge is -2.24. The zero-order valence-electron chi connectivity index (χ0n) is 11.3. The van der Waals surface area contributed by atoms with E-state index in [9.17, 15) is 4.79 Å². The van der Waals surface area contributed by atoms with Crippen molar-refractivity contribution >= 4 is 11.7 Å². The molecule has 0 aromatic carbocycles. The minimum atomic E-state index is -0.752. The van der Waals surface area contributed by atoms with E-state index in [4.69, 9.17) is 10.4 Å². The number of hydrogen-bond donors (Lipinski definition) is 2. The number of aliphatic carboxylic acids is 1. The standard InChI is InChI=1S/C14H19N3O2/c1-14(2,6-5-13(18)19)7-8-16-12-4-3-11(9-15)17-10-12/h3-4,10,16H,5-8H2,1-2H3,(H,18,19).